The summed E-state index contributed by atoms with van der Waals surface area (Å²) in [5, 5.41) is 24.8. The number of benzene rings is 8. The number of fused-ring (bicyclic) bond motifs is 8. The second-order valence-corrected chi connectivity index (χ2v) is 14.8. The minimum Gasteiger partial charge on any atom is -0.456 e. The van der Waals surface area contributed by atoms with E-state index in [0.717, 1.165) is 88.2 Å². The first-order valence-corrected chi connectivity index (χ1v) is 20.3. The number of para-hydroxylation sites is 4. The van der Waals surface area contributed by atoms with E-state index in [1.807, 2.05) is 152 Å². The van der Waals surface area contributed by atoms with Gasteiger partial charge in [-0.2, -0.15) is 0 Å². The summed E-state index contributed by atoms with van der Waals surface area (Å²) in [6, 6.07) is 63.3. The summed E-state index contributed by atoms with van der Waals surface area (Å²) in [5.74, 6) is 0.708. The highest BCUT2D eigenvalue weighted by Gasteiger charge is 2.19. The van der Waals surface area contributed by atoms with E-state index in [0.29, 0.717) is 16.9 Å². The highest BCUT2D eigenvalue weighted by molar-refractivity contribution is 6.62. The highest BCUT2D eigenvalue weighted by Crippen LogP contribution is 2.37. The van der Waals surface area contributed by atoms with Crippen LogP contribution in [0.4, 0.5) is 0 Å². The Bertz CT molecular complexity index is 3540. The molecule has 2 N–H and O–H groups in total. The zero-order valence-corrected chi connectivity index (χ0v) is 33.7. The summed E-state index contributed by atoms with van der Waals surface area (Å²) >= 11 is 5.95. The second kappa shape index (κ2) is 16.8. The van der Waals surface area contributed by atoms with Gasteiger partial charge in [-0.15, -0.1) is 0 Å². The first-order chi connectivity index (χ1) is 30.5. The van der Waals surface area contributed by atoms with Gasteiger partial charge in [0.05, 0.1) is 22.4 Å². The molecule has 0 saturated heterocycles. The van der Waals surface area contributed by atoms with Crippen LogP contribution in [0.5, 0.6) is 0 Å². The topological polar surface area (TPSA) is 118 Å². The molecule has 62 heavy (non-hydrogen) atoms. The predicted molar refractivity (Wildman–Crippen MR) is 251 cm³/mol. The van der Waals surface area contributed by atoms with Gasteiger partial charge >= 0.3 is 7.12 Å². The van der Waals surface area contributed by atoms with Crippen molar-refractivity contribution in [3.63, 3.8) is 0 Å². The van der Waals surface area contributed by atoms with Crippen LogP contribution >= 0.6 is 11.6 Å². The molecule has 0 aliphatic heterocycles. The summed E-state index contributed by atoms with van der Waals surface area (Å²) in [6.45, 7) is 0. The molecule has 296 valence electrons. The van der Waals surface area contributed by atoms with Crippen LogP contribution in [0.15, 0.2) is 203 Å². The highest BCUT2D eigenvalue weighted by atomic mass is 35.5. The molecule has 10 heteroatoms. The lowest BCUT2D eigenvalue weighted by atomic mass is 9.77. The normalized spacial score (nSPS) is 11.1. The molecule has 0 unspecified atom stereocenters. The average Bonchev–Trinajstić information content (AvgIpc) is 3.91. The maximum absolute atomic E-state index is 9.31. The van der Waals surface area contributed by atoms with Gasteiger partial charge in [-0.1, -0.05) is 158 Å². The lowest BCUT2D eigenvalue weighted by molar-refractivity contribution is 0.426. The van der Waals surface area contributed by atoms with Crippen LogP contribution in [-0.2, 0) is 0 Å². The van der Waals surface area contributed by atoms with E-state index < -0.39 is 7.12 Å². The summed E-state index contributed by atoms with van der Waals surface area (Å²) in [4.78, 5) is 18.5. The van der Waals surface area contributed by atoms with E-state index in [-0.39, 0.29) is 5.28 Å². The largest absolute Gasteiger partial charge is 0.489 e. The molecular weight excluding hydrogens is 791 g/mol. The number of nitrogens with zero attached hydrogens (tertiary/aromatic N) is 4. The predicted octanol–water partition coefficient (Wildman–Crippen LogP) is 12.1. The number of hydrogen-bond donors (Lipinski definition) is 2. The van der Waals surface area contributed by atoms with E-state index in [4.69, 9.17) is 30.4 Å². The summed E-state index contributed by atoms with van der Waals surface area (Å²) in [5.41, 5.74) is 10.4. The van der Waals surface area contributed by atoms with Gasteiger partial charge in [-0.3, -0.25) is 0 Å². The minimum atomic E-state index is -1.48. The van der Waals surface area contributed by atoms with E-state index in [1.54, 1.807) is 12.1 Å². The molecule has 8 aromatic carbocycles. The van der Waals surface area contributed by atoms with Crippen LogP contribution in [0, 0.1) is 0 Å². The molecule has 12 aromatic rings. The van der Waals surface area contributed by atoms with Gasteiger partial charge in [0.15, 0.2) is 5.82 Å². The number of furan rings is 2. The van der Waals surface area contributed by atoms with Gasteiger partial charge in [0.1, 0.15) is 22.3 Å². The van der Waals surface area contributed by atoms with Crippen LogP contribution in [0.25, 0.3) is 99.6 Å². The molecule has 0 saturated carbocycles. The molecule has 0 spiro atoms. The molecule has 0 fully saturated rings. The molecule has 0 aliphatic rings. The van der Waals surface area contributed by atoms with Gasteiger partial charge in [-0.25, -0.2) is 19.9 Å². The van der Waals surface area contributed by atoms with Crippen molar-refractivity contribution in [2.75, 3.05) is 0 Å². The molecule has 4 heterocycles. The molecule has 0 amide bonds. The minimum absolute atomic E-state index is 0.280. The van der Waals surface area contributed by atoms with Crippen molar-refractivity contribution in [2.24, 2.45) is 0 Å². The molecule has 0 radical (unpaired) electrons. The zero-order chi connectivity index (χ0) is 42.0. The SMILES string of the molecule is Clc1nc(-c2ccccc2)c2ccccc2n1.OB(O)c1cccc2oc3ccccc3c12.c1ccc(-c2nc(-c3cccc4oc5ccccc5c34)nc3ccccc23)cc1. The van der Waals surface area contributed by atoms with Crippen molar-refractivity contribution >= 4 is 89.9 Å². The Morgan fingerprint density at radius 1 is 0.387 bits per heavy atom. The molecule has 12 rings (SSSR count). The van der Waals surface area contributed by atoms with Crippen molar-refractivity contribution in [3.8, 4) is 33.9 Å². The third-order valence-electron chi connectivity index (χ3n) is 10.6. The Hall–Kier alpha value is -7.69. The standard InChI is InChI=1S/C26H16N2O.C14H9ClN2.C12H9BO3/c1-2-9-17(10-3-1)25-18-11-4-6-14-21(18)27-26(28-25)20-13-8-16-23-24(20)19-12-5-7-15-22(19)29-23;15-14-16-12-9-5-4-8-11(12)13(17-14)10-6-2-1-3-7-10;14-13(15)9-5-3-7-11-12(9)8-4-1-2-6-10(8)16-11/h1-16H;1-9H;1-7,14-15H. The van der Waals surface area contributed by atoms with Crippen molar-refractivity contribution in [1.29, 1.82) is 0 Å². The van der Waals surface area contributed by atoms with E-state index in [9.17, 15) is 10.0 Å². The first-order valence-electron chi connectivity index (χ1n) is 20.0. The third kappa shape index (κ3) is 7.41. The Labute approximate surface area is 360 Å². The molecule has 0 aliphatic carbocycles. The number of hydrogen-bond acceptors (Lipinski definition) is 8. The summed E-state index contributed by atoms with van der Waals surface area (Å²) in [7, 11) is -1.48. The fourth-order valence-electron chi connectivity index (χ4n) is 7.86. The van der Waals surface area contributed by atoms with Gasteiger partial charge in [-0.05, 0) is 53.5 Å². The van der Waals surface area contributed by atoms with Crippen LogP contribution in [0.3, 0.4) is 0 Å². The van der Waals surface area contributed by atoms with Crippen molar-refractivity contribution < 1.29 is 18.9 Å². The van der Waals surface area contributed by atoms with Gasteiger partial charge in [0, 0.05) is 49.0 Å². The fourth-order valence-corrected chi connectivity index (χ4v) is 8.03. The summed E-state index contributed by atoms with van der Waals surface area (Å²) < 4.78 is 11.7. The van der Waals surface area contributed by atoms with Gasteiger partial charge < -0.3 is 18.9 Å². The van der Waals surface area contributed by atoms with Crippen LogP contribution in [-0.4, -0.2) is 37.1 Å². The van der Waals surface area contributed by atoms with Crippen LogP contribution in [0.1, 0.15) is 0 Å². The molecule has 8 nitrogen and oxygen atoms in total. The second-order valence-electron chi connectivity index (χ2n) is 14.5. The first kappa shape index (κ1) is 38.5. The van der Waals surface area contributed by atoms with Crippen LogP contribution < -0.4 is 5.46 Å². The molecule has 4 aromatic heterocycles. The lowest BCUT2D eigenvalue weighted by Gasteiger charge is -2.10. The monoisotopic (exact) mass is 824 g/mol. The maximum Gasteiger partial charge on any atom is 0.489 e. The van der Waals surface area contributed by atoms with E-state index in [2.05, 4.69) is 40.3 Å². The Balaban J connectivity index is 0.000000119. The van der Waals surface area contributed by atoms with Crippen molar-refractivity contribution in [2.45, 2.75) is 0 Å². The van der Waals surface area contributed by atoms with E-state index in [1.165, 1.54) is 0 Å². The molecular formula is C52H34BClN4O4. The smallest absolute Gasteiger partial charge is 0.456 e. The zero-order valence-electron chi connectivity index (χ0n) is 32.9. The maximum atomic E-state index is 9.31. The Kier molecular flexibility index (Phi) is 10.4. The fraction of sp³-hybridized carbons (Fsp3) is 0. The Morgan fingerprint density at radius 2 is 0.839 bits per heavy atom. The van der Waals surface area contributed by atoms with Crippen molar-refractivity contribution in [3.05, 3.63) is 199 Å². The molecule has 0 bridgehead atoms. The van der Waals surface area contributed by atoms with Gasteiger partial charge in [0.2, 0.25) is 5.28 Å². The quantitative estimate of drug-likeness (QED) is 0.133. The lowest BCUT2D eigenvalue weighted by Crippen LogP contribution is -2.30. The van der Waals surface area contributed by atoms with E-state index >= 15 is 0 Å². The third-order valence-corrected chi connectivity index (χ3v) is 10.8. The van der Waals surface area contributed by atoms with Crippen LogP contribution in [0.2, 0.25) is 5.28 Å². The Morgan fingerprint density at radius 3 is 1.44 bits per heavy atom. The molecule has 0 atom stereocenters. The number of rotatable bonds is 4. The average molecular weight is 825 g/mol. The van der Waals surface area contributed by atoms with Gasteiger partial charge in [0.25, 0.3) is 0 Å². The number of halogens is 1. The number of aromatic nitrogens is 4. The summed E-state index contributed by atoms with van der Waals surface area (Å²) in [6.07, 6.45) is 0. The van der Waals surface area contributed by atoms with Crippen molar-refractivity contribution in [1.82, 2.24) is 19.9 Å².